The quantitative estimate of drug-likeness (QED) is 0.0947. The van der Waals surface area contributed by atoms with E-state index in [-0.39, 0.29) is 10.6 Å². The van der Waals surface area contributed by atoms with Crippen molar-refractivity contribution < 1.29 is 25.6 Å². The van der Waals surface area contributed by atoms with Crippen molar-refractivity contribution in [2.45, 2.75) is 74.1 Å². The third kappa shape index (κ3) is 18.3. The van der Waals surface area contributed by atoms with Crippen LogP contribution in [-0.4, -0.2) is 61.0 Å². The van der Waals surface area contributed by atoms with Crippen LogP contribution in [0, 0.1) is 27.7 Å². The predicted molar refractivity (Wildman–Crippen MR) is 221 cm³/mol. The highest BCUT2D eigenvalue weighted by atomic mass is 32.2. The summed E-state index contributed by atoms with van der Waals surface area (Å²) in [6.07, 6.45) is 0. The van der Waals surface area contributed by atoms with E-state index in [2.05, 4.69) is 53.9 Å². The van der Waals surface area contributed by atoms with Crippen LogP contribution in [0.15, 0.2) is 104 Å². The van der Waals surface area contributed by atoms with Gasteiger partial charge in [-0.15, -0.1) is 12.6 Å². The van der Waals surface area contributed by atoms with E-state index in [0.29, 0.717) is 22.6 Å². The molecular formula is C38H52N8O6S2. The second kappa shape index (κ2) is 28.0. The van der Waals surface area contributed by atoms with Crippen molar-refractivity contribution in [2.24, 2.45) is 20.2 Å². The number of rotatable bonds is 6. The highest BCUT2D eigenvalue weighted by Crippen LogP contribution is 2.39. The van der Waals surface area contributed by atoms with Crippen molar-refractivity contribution in [3.63, 3.8) is 0 Å². The van der Waals surface area contributed by atoms with E-state index in [1.165, 1.54) is 6.07 Å². The molecule has 0 unspecified atom stereocenters. The number of aromatic nitrogens is 3. The van der Waals surface area contributed by atoms with Gasteiger partial charge in [0, 0.05) is 7.05 Å². The first-order valence-corrected chi connectivity index (χ1v) is 19.3. The first kappa shape index (κ1) is 50.5. The molecule has 1 aromatic heterocycles. The summed E-state index contributed by atoms with van der Waals surface area (Å²) in [5.41, 5.74) is 3.91. The van der Waals surface area contributed by atoms with Crippen molar-refractivity contribution >= 4 is 73.6 Å². The van der Waals surface area contributed by atoms with Crippen LogP contribution in [-0.2, 0) is 20.7 Å². The maximum atomic E-state index is 11.7. The van der Waals surface area contributed by atoms with E-state index in [1.54, 1.807) is 26.1 Å². The summed E-state index contributed by atoms with van der Waals surface area (Å²) in [4.78, 5) is 19.3. The zero-order chi connectivity index (χ0) is 41.9. The number of azo groups is 1. The molecule has 0 saturated carbocycles. The minimum atomic E-state index is -4.40. The van der Waals surface area contributed by atoms with Crippen LogP contribution < -0.4 is 5.32 Å². The van der Waals surface area contributed by atoms with Crippen molar-refractivity contribution in [1.29, 1.82) is 0 Å². The molecule has 5 rings (SSSR count). The third-order valence-electron chi connectivity index (χ3n) is 6.21. The van der Waals surface area contributed by atoms with Gasteiger partial charge in [0.2, 0.25) is 5.95 Å². The molecule has 54 heavy (non-hydrogen) atoms. The number of hydrogen-bond acceptors (Lipinski definition) is 13. The number of aryl methyl sites for hydroxylation is 4. The summed E-state index contributed by atoms with van der Waals surface area (Å²) in [6, 6.07) is 23.9. The molecule has 0 amide bonds. The summed E-state index contributed by atoms with van der Waals surface area (Å²) >= 11 is 0. The molecule has 14 nitrogen and oxygen atoms in total. The summed E-state index contributed by atoms with van der Waals surface area (Å²) < 4.78 is 58.1. The van der Waals surface area contributed by atoms with Crippen molar-refractivity contribution in [3.8, 4) is 0 Å². The van der Waals surface area contributed by atoms with Crippen LogP contribution in [0.3, 0.4) is 0 Å². The monoisotopic (exact) mass is 780 g/mol. The summed E-state index contributed by atoms with van der Waals surface area (Å²) in [5, 5.41) is 12.9. The molecule has 0 atom stereocenters. The van der Waals surface area contributed by atoms with Gasteiger partial charge in [0.15, 0.2) is 0 Å². The molecular weight excluding hydrogens is 729 g/mol. The van der Waals surface area contributed by atoms with Crippen LogP contribution in [0.4, 0.5) is 28.7 Å². The number of aliphatic imine (C=N–C) groups is 2. The van der Waals surface area contributed by atoms with Gasteiger partial charge in [0.1, 0.15) is 16.5 Å². The van der Waals surface area contributed by atoms with Gasteiger partial charge in [-0.3, -0.25) is 14.5 Å². The number of nitrogens with zero attached hydrogens (tertiary/aromatic N) is 7. The Kier molecular flexibility index (Phi) is 26.2. The van der Waals surface area contributed by atoms with Gasteiger partial charge in [-0.2, -0.15) is 28.6 Å². The summed E-state index contributed by atoms with van der Waals surface area (Å²) in [5.74, 6) is 2.12. The van der Waals surface area contributed by atoms with Gasteiger partial charge >= 0.3 is 10.6 Å². The minimum Gasteiger partial charge on any atom is -0.357 e. The van der Waals surface area contributed by atoms with Crippen molar-refractivity contribution in [2.75, 3.05) is 12.4 Å². The molecule has 0 bridgehead atoms. The Morgan fingerprint density at radius 2 is 1.13 bits per heavy atom. The number of nitrogens with one attached hydrogen (secondary N) is 1. The highest BCUT2D eigenvalue weighted by molar-refractivity contribution is 7.86. The smallest absolute Gasteiger partial charge is 0.357 e. The number of hydrogen-bond donors (Lipinski definition) is 2. The average Bonchev–Trinajstić information content (AvgIpc) is 3.17. The molecule has 5 aromatic rings. The summed E-state index contributed by atoms with van der Waals surface area (Å²) in [7, 11) is -5.73. The number of para-hydroxylation sites is 1. The Balaban J connectivity index is 0. The molecule has 16 heteroatoms. The normalized spacial score (nSPS) is 9.56. The van der Waals surface area contributed by atoms with E-state index in [4.69, 9.17) is 12.6 Å². The molecule has 4 aromatic carbocycles. The second-order valence-corrected chi connectivity index (χ2v) is 11.3. The average molecular weight is 781 g/mol. The van der Waals surface area contributed by atoms with E-state index in [0.717, 1.165) is 34.0 Å². The Morgan fingerprint density at radius 1 is 0.667 bits per heavy atom. The molecule has 1 heterocycles. The number of benzene rings is 4. The van der Waals surface area contributed by atoms with Crippen molar-refractivity contribution in [1.82, 2.24) is 15.0 Å². The fourth-order valence-corrected chi connectivity index (χ4v) is 4.96. The molecule has 0 spiro atoms. The van der Waals surface area contributed by atoms with Gasteiger partial charge in [0.25, 0.3) is 10.1 Å². The van der Waals surface area contributed by atoms with Gasteiger partial charge < -0.3 is 5.32 Å². The Morgan fingerprint density at radius 3 is 1.52 bits per heavy atom. The van der Waals surface area contributed by atoms with Crippen LogP contribution in [0.25, 0.3) is 10.8 Å². The maximum absolute atomic E-state index is 11.7. The van der Waals surface area contributed by atoms with E-state index in [1.807, 2.05) is 123 Å². The third-order valence-corrected chi connectivity index (χ3v) is 7.07. The van der Waals surface area contributed by atoms with Crippen molar-refractivity contribution in [3.05, 3.63) is 102 Å². The number of anilines is 1. The minimum absolute atomic E-state index is 0.139. The molecule has 292 valence electrons. The number of fused-ring (bicyclic) bond motifs is 1. The van der Waals surface area contributed by atoms with Gasteiger partial charge in [-0.05, 0) is 99.4 Å². The summed E-state index contributed by atoms with van der Waals surface area (Å²) in [6.45, 7) is 26.1. The van der Waals surface area contributed by atoms with Gasteiger partial charge in [0.05, 0.1) is 22.7 Å². The lowest BCUT2D eigenvalue weighted by Crippen LogP contribution is -2.01. The Labute approximate surface area is 321 Å². The molecule has 0 fully saturated rings. The predicted octanol–water partition coefficient (Wildman–Crippen LogP) is 10.1. The lowest BCUT2D eigenvalue weighted by Gasteiger charge is -2.13. The van der Waals surface area contributed by atoms with E-state index >= 15 is 0 Å². The largest absolute Gasteiger partial charge is 0.425 e. The van der Waals surface area contributed by atoms with Crippen LogP contribution in [0.1, 0.15) is 64.3 Å². The molecule has 0 aliphatic carbocycles. The van der Waals surface area contributed by atoms with E-state index in [9.17, 15) is 13.0 Å². The highest BCUT2D eigenvalue weighted by Gasteiger charge is 2.20. The first-order valence-electron chi connectivity index (χ1n) is 16.8. The standard InChI is InChI=1S/C19H17N3O3S.C7H7N.C6H10N4.3C2H6.O3S/c1-12-16(22-21-15-7-5-4-6-8-15)10-9-14-11-17(26(23,24)25)19(20-3)13(2)18(12)14;1-8-7-5-3-2-4-6-7;1-4-8-5(2)10-6(7-3)9-4;3*1-2;1-4(2)3/h4-11H,3H2,1-2H3,(H,23,24,25);2-6H,1H2;1-3H3,(H,7,8,9,10);3*1-2H3;. The molecule has 0 aliphatic rings. The zero-order valence-electron chi connectivity index (χ0n) is 32.9. The maximum Gasteiger partial charge on any atom is 0.425 e. The molecule has 0 radical (unpaired) electrons. The molecule has 0 saturated heterocycles. The van der Waals surface area contributed by atoms with Gasteiger partial charge in [-0.1, -0.05) is 84.0 Å². The van der Waals surface area contributed by atoms with Crippen LogP contribution >= 0.6 is 0 Å². The Hall–Kier alpha value is -5.58. The zero-order valence-corrected chi connectivity index (χ0v) is 34.5. The second-order valence-electron chi connectivity index (χ2n) is 9.53. The molecule has 0 aliphatic heterocycles. The first-order chi connectivity index (χ1) is 25.7. The lowest BCUT2D eigenvalue weighted by atomic mass is 9.98. The topological polar surface area (TPSA) is 206 Å². The van der Waals surface area contributed by atoms with Crippen LogP contribution in [0.2, 0.25) is 0 Å². The molecule has 2 N–H and O–H groups in total. The fourth-order valence-electron chi connectivity index (χ4n) is 4.22. The SMILES string of the molecule is C=Nc1c(S(=O)(=O)O)cc2ccc(N=Nc3ccccc3)c(C)c2c1C.C=Nc1ccccc1.CC.CC.CC.CNc1nc(C)nc(C)n1.O=S(=O)=O. The Bertz CT molecular complexity index is 2110. The van der Waals surface area contributed by atoms with E-state index < -0.39 is 20.7 Å². The lowest BCUT2D eigenvalue weighted by molar-refractivity contribution is 0.483. The fraction of sp³-hybridized carbons (Fsp3) is 0.289. The van der Waals surface area contributed by atoms with Gasteiger partial charge in [-0.25, -0.2) is 4.98 Å². The van der Waals surface area contributed by atoms with Crippen LogP contribution in [0.5, 0.6) is 0 Å².